The lowest BCUT2D eigenvalue weighted by Gasteiger charge is -1.89. The average Bonchev–Trinajstić information content (AvgIpc) is 1.61. The summed E-state index contributed by atoms with van der Waals surface area (Å²) in [5.74, 6) is 0. The summed E-state index contributed by atoms with van der Waals surface area (Å²) >= 11 is 0. The molecule has 3 heteroatoms. The van der Waals surface area contributed by atoms with Gasteiger partial charge in [-0.2, -0.15) is 0 Å². The highest BCUT2D eigenvalue weighted by Crippen LogP contribution is 2.01. The molecule has 0 aliphatic heterocycles. The SMILES string of the molecule is CCCC[SiH](F)F. The molecule has 0 radical (unpaired) electrons. The van der Waals surface area contributed by atoms with Crippen LogP contribution < -0.4 is 0 Å². The molecular formula is C4H10F2Si. The summed E-state index contributed by atoms with van der Waals surface area (Å²) in [4.78, 5) is 0. The minimum Gasteiger partial charge on any atom is -0.275 e. The van der Waals surface area contributed by atoms with E-state index < -0.39 is 9.46 Å². The van der Waals surface area contributed by atoms with E-state index in [4.69, 9.17) is 0 Å². The van der Waals surface area contributed by atoms with Crippen LogP contribution >= 0.6 is 0 Å². The van der Waals surface area contributed by atoms with Gasteiger partial charge in [-0.3, -0.25) is 8.22 Å². The molecule has 0 amide bonds. The first-order chi connectivity index (χ1) is 3.27. The van der Waals surface area contributed by atoms with Crippen LogP contribution in [0.1, 0.15) is 19.8 Å². The molecule has 0 atom stereocenters. The van der Waals surface area contributed by atoms with Gasteiger partial charge >= 0.3 is 9.46 Å². The van der Waals surface area contributed by atoms with Crippen LogP contribution in [0.3, 0.4) is 0 Å². The van der Waals surface area contributed by atoms with E-state index in [1.807, 2.05) is 6.92 Å². The fourth-order valence-electron chi connectivity index (χ4n) is 0.358. The van der Waals surface area contributed by atoms with Gasteiger partial charge in [-0.05, 0) is 6.04 Å². The molecule has 7 heavy (non-hydrogen) atoms. The molecule has 0 aromatic carbocycles. The van der Waals surface area contributed by atoms with Gasteiger partial charge in [0.25, 0.3) is 0 Å². The van der Waals surface area contributed by atoms with E-state index in [1.54, 1.807) is 0 Å². The Labute approximate surface area is 44.5 Å². The molecule has 0 spiro atoms. The Morgan fingerprint density at radius 2 is 2.00 bits per heavy atom. The van der Waals surface area contributed by atoms with Crippen LogP contribution in [-0.4, -0.2) is 9.46 Å². The van der Waals surface area contributed by atoms with E-state index >= 15 is 0 Å². The molecule has 0 aliphatic carbocycles. The molecule has 0 aromatic rings. The lowest BCUT2D eigenvalue weighted by molar-refractivity contribution is 0.639. The quantitative estimate of drug-likeness (QED) is 0.398. The highest BCUT2D eigenvalue weighted by molar-refractivity contribution is 6.42. The molecule has 0 saturated carbocycles. The van der Waals surface area contributed by atoms with Gasteiger partial charge in [0.15, 0.2) is 0 Å². The molecule has 0 fully saturated rings. The summed E-state index contributed by atoms with van der Waals surface area (Å²) < 4.78 is 22.7. The Morgan fingerprint density at radius 3 is 2.14 bits per heavy atom. The molecule has 0 aliphatic rings. The Hall–Kier alpha value is 0.0769. The number of unbranched alkanes of at least 4 members (excludes halogenated alkanes) is 1. The van der Waals surface area contributed by atoms with Crippen LogP contribution in [0.2, 0.25) is 6.04 Å². The monoisotopic (exact) mass is 124 g/mol. The van der Waals surface area contributed by atoms with Crippen molar-refractivity contribution in [2.24, 2.45) is 0 Å². The molecule has 0 saturated heterocycles. The van der Waals surface area contributed by atoms with E-state index in [2.05, 4.69) is 0 Å². The summed E-state index contributed by atoms with van der Waals surface area (Å²) in [6.07, 6.45) is 1.61. The van der Waals surface area contributed by atoms with Crippen molar-refractivity contribution in [3.05, 3.63) is 0 Å². The molecule has 0 unspecified atom stereocenters. The summed E-state index contributed by atoms with van der Waals surface area (Å²) in [7, 11) is -3.19. The predicted octanol–water partition coefficient (Wildman–Crippen LogP) is 1.95. The highest BCUT2D eigenvalue weighted by Gasteiger charge is 2.03. The third-order valence-electron chi connectivity index (χ3n) is 0.776. The normalized spacial score (nSPS) is 10.3. The van der Waals surface area contributed by atoms with E-state index in [1.165, 1.54) is 0 Å². The van der Waals surface area contributed by atoms with Gasteiger partial charge in [0.1, 0.15) is 0 Å². The lowest BCUT2D eigenvalue weighted by Crippen LogP contribution is -1.92. The predicted molar refractivity (Wildman–Crippen MR) is 29.1 cm³/mol. The maximum atomic E-state index is 11.4. The van der Waals surface area contributed by atoms with Crippen LogP contribution in [0.25, 0.3) is 0 Å². The minimum atomic E-state index is -3.19. The maximum absolute atomic E-state index is 11.4. The largest absolute Gasteiger partial charge is 0.411 e. The van der Waals surface area contributed by atoms with Crippen molar-refractivity contribution in [1.29, 1.82) is 0 Å². The lowest BCUT2D eigenvalue weighted by atomic mass is 10.4. The number of rotatable bonds is 3. The third kappa shape index (κ3) is 6.08. The zero-order valence-electron chi connectivity index (χ0n) is 4.45. The first kappa shape index (κ1) is 7.08. The molecular weight excluding hydrogens is 114 g/mol. The molecule has 44 valence electrons. The zero-order chi connectivity index (χ0) is 5.70. The van der Waals surface area contributed by atoms with Crippen LogP contribution in [0.5, 0.6) is 0 Å². The van der Waals surface area contributed by atoms with Crippen molar-refractivity contribution in [3.8, 4) is 0 Å². The Morgan fingerprint density at radius 1 is 1.43 bits per heavy atom. The average molecular weight is 124 g/mol. The number of halogens is 2. The first-order valence-corrected chi connectivity index (χ1v) is 4.24. The van der Waals surface area contributed by atoms with E-state index in [0.29, 0.717) is 6.42 Å². The van der Waals surface area contributed by atoms with Gasteiger partial charge in [-0.15, -0.1) is 0 Å². The molecule has 0 N–H and O–H groups in total. The van der Waals surface area contributed by atoms with Gasteiger partial charge in [0, 0.05) is 0 Å². The molecule has 0 rings (SSSR count). The molecule has 0 aromatic heterocycles. The number of hydrogen-bond donors (Lipinski definition) is 0. The first-order valence-electron chi connectivity index (χ1n) is 2.55. The van der Waals surface area contributed by atoms with Crippen molar-refractivity contribution < 1.29 is 8.22 Å². The van der Waals surface area contributed by atoms with Crippen molar-refractivity contribution in [2.45, 2.75) is 25.8 Å². The number of hydrogen-bond acceptors (Lipinski definition) is 0. The summed E-state index contributed by atoms with van der Waals surface area (Å²) in [5.41, 5.74) is 0. The second-order valence-electron chi connectivity index (χ2n) is 1.53. The molecule has 0 bridgehead atoms. The Bertz CT molecular complexity index is 38.7. The fourth-order valence-corrected chi connectivity index (χ4v) is 1.08. The van der Waals surface area contributed by atoms with Gasteiger partial charge in [-0.25, -0.2) is 0 Å². The van der Waals surface area contributed by atoms with E-state index in [0.717, 1.165) is 6.42 Å². The Kier molecular flexibility index (Phi) is 4.29. The summed E-state index contributed by atoms with van der Waals surface area (Å²) in [5, 5.41) is 0. The summed E-state index contributed by atoms with van der Waals surface area (Å²) in [6.45, 7) is 1.93. The van der Waals surface area contributed by atoms with Gasteiger partial charge in [0.2, 0.25) is 0 Å². The highest BCUT2D eigenvalue weighted by atomic mass is 28.4. The van der Waals surface area contributed by atoms with Crippen molar-refractivity contribution in [2.75, 3.05) is 0 Å². The van der Waals surface area contributed by atoms with Crippen LogP contribution in [0.15, 0.2) is 0 Å². The van der Waals surface area contributed by atoms with Gasteiger partial charge < -0.3 is 0 Å². The smallest absolute Gasteiger partial charge is 0.275 e. The van der Waals surface area contributed by atoms with Crippen molar-refractivity contribution in [1.82, 2.24) is 0 Å². The Balaban J connectivity index is 2.68. The van der Waals surface area contributed by atoms with Crippen LogP contribution in [0.4, 0.5) is 8.22 Å². The van der Waals surface area contributed by atoms with Gasteiger partial charge in [-0.1, -0.05) is 19.8 Å². The van der Waals surface area contributed by atoms with E-state index in [9.17, 15) is 8.22 Å². The van der Waals surface area contributed by atoms with Crippen LogP contribution in [-0.2, 0) is 0 Å². The summed E-state index contributed by atoms with van der Waals surface area (Å²) in [6, 6.07) is 0.205. The standard InChI is InChI=1S/C4H10F2Si/c1-2-3-4-7(5)6/h7H,2-4H2,1H3. The minimum absolute atomic E-state index is 0.205. The third-order valence-corrected chi connectivity index (χ3v) is 1.62. The molecule has 0 heterocycles. The second kappa shape index (κ2) is 4.24. The zero-order valence-corrected chi connectivity index (χ0v) is 5.61. The molecule has 0 nitrogen and oxygen atoms in total. The maximum Gasteiger partial charge on any atom is 0.411 e. The topological polar surface area (TPSA) is 0 Å². The van der Waals surface area contributed by atoms with Crippen molar-refractivity contribution >= 4 is 9.46 Å². The fraction of sp³-hybridized carbons (Fsp3) is 1.00. The van der Waals surface area contributed by atoms with Crippen LogP contribution in [0, 0.1) is 0 Å². The second-order valence-corrected chi connectivity index (χ2v) is 2.89. The van der Waals surface area contributed by atoms with E-state index in [-0.39, 0.29) is 6.04 Å². The van der Waals surface area contributed by atoms with Gasteiger partial charge in [0.05, 0.1) is 0 Å². The van der Waals surface area contributed by atoms with Crippen molar-refractivity contribution in [3.63, 3.8) is 0 Å².